The number of aromatic nitrogens is 2. The van der Waals surface area contributed by atoms with Gasteiger partial charge in [-0.2, -0.15) is 0 Å². The van der Waals surface area contributed by atoms with Crippen molar-refractivity contribution in [1.29, 1.82) is 0 Å². The van der Waals surface area contributed by atoms with E-state index in [2.05, 4.69) is 22.2 Å². The Kier molecular flexibility index (Phi) is 5.45. The number of likely N-dealkylation sites (tertiary alicyclic amines) is 1. The Balaban J connectivity index is 1.85. The molecule has 1 N–H and O–H groups in total. The molecule has 1 aliphatic rings. The number of carbonyl (C=O) groups excluding carboxylic acids is 1. The van der Waals surface area contributed by atoms with E-state index in [9.17, 15) is 4.79 Å². The lowest BCUT2D eigenvalue weighted by molar-refractivity contribution is 0.0676. The highest BCUT2D eigenvalue weighted by Crippen LogP contribution is 2.31. The molecule has 0 saturated carbocycles. The molecule has 1 aromatic heterocycles. The van der Waals surface area contributed by atoms with E-state index in [4.69, 9.17) is 23.2 Å². The molecule has 0 spiro atoms. The summed E-state index contributed by atoms with van der Waals surface area (Å²) in [4.78, 5) is 23.3. The van der Waals surface area contributed by atoms with Crippen molar-refractivity contribution in [2.24, 2.45) is 5.92 Å². The Morgan fingerprint density at radius 3 is 2.88 bits per heavy atom. The molecule has 1 unspecified atom stereocenters. The number of nitrogens with one attached hydrogen (secondary N) is 1. The molecule has 1 aromatic carbocycles. The van der Waals surface area contributed by atoms with Crippen LogP contribution in [0, 0.1) is 12.8 Å². The summed E-state index contributed by atoms with van der Waals surface area (Å²) in [7, 11) is 0. The topological polar surface area (TPSA) is 58.1 Å². The fourth-order valence-electron chi connectivity index (χ4n) is 3.02. The molecular formula is C18H20Cl2N4O. The number of benzene rings is 1. The SMILES string of the molecule is Cc1nc(Nc2cccc(Cl)c2Cl)cc(C(=O)N2CCCC(C)C2)n1. The Hall–Kier alpha value is -1.85. The van der Waals surface area contributed by atoms with E-state index in [0.717, 1.165) is 25.9 Å². The summed E-state index contributed by atoms with van der Waals surface area (Å²) >= 11 is 12.3. The lowest BCUT2D eigenvalue weighted by atomic mass is 10.00. The zero-order valence-electron chi connectivity index (χ0n) is 14.2. The maximum atomic E-state index is 12.8. The van der Waals surface area contributed by atoms with Crippen molar-refractivity contribution in [3.05, 3.63) is 45.8 Å². The van der Waals surface area contributed by atoms with E-state index >= 15 is 0 Å². The monoisotopic (exact) mass is 378 g/mol. The number of hydrogen-bond donors (Lipinski definition) is 1. The third kappa shape index (κ3) is 4.22. The van der Waals surface area contributed by atoms with Gasteiger partial charge in [0.25, 0.3) is 5.91 Å². The minimum Gasteiger partial charge on any atom is -0.339 e. The van der Waals surface area contributed by atoms with Gasteiger partial charge in [0.05, 0.1) is 15.7 Å². The fourth-order valence-corrected chi connectivity index (χ4v) is 3.36. The van der Waals surface area contributed by atoms with E-state index in [-0.39, 0.29) is 5.91 Å². The van der Waals surface area contributed by atoms with Crippen LogP contribution in [0.25, 0.3) is 0 Å². The number of nitrogens with zero attached hydrogens (tertiary/aromatic N) is 3. The summed E-state index contributed by atoms with van der Waals surface area (Å²) < 4.78 is 0. The van der Waals surface area contributed by atoms with E-state index in [0.29, 0.717) is 39.0 Å². The van der Waals surface area contributed by atoms with E-state index in [1.165, 1.54) is 0 Å². The average molecular weight is 379 g/mol. The van der Waals surface area contributed by atoms with Gasteiger partial charge in [-0.25, -0.2) is 9.97 Å². The number of piperidine rings is 1. The Labute approximate surface area is 157 Å². The normalized spacial score (nSPS) is 17.4. The summed E-state index contributed by atoms with van der Waals surface area (Å²) in [6.07, 6.45) is 2.19. The summed E-state index contributed by atoms with van der Waals surface area (Å²) in [5.74, 6) is 1.50. The summed E-state index contributed by atoms with van der Waals surface area (Å²) in [6, 6.07) is 6.98. The minimum atomic E-state index is -0.0581. The summed E-state index contributed by atoms with van der Waals surface area (Å²) in [6.45, 7) is 5.47. The molecule has 0 bridgehead atoms. The Morgan fingerprint density at radius 2 is 2.12 bits per heavy atom. The molecule has 1 fully saturated rings. The molecule has 1 atom stereocenters. The smallest absolute Gasteiger partial charge is 0.272 e. The van der Waals surface area contributed by atoms with Crippen molar-refractivity contribution in [2.75, 3.05) is 18.4 Å². The van der Waals surface area contributed by atoms with Crippen LogP contribution in [0.3, 0.4) is 0 Å². The van der Waals surface area contributed by atoms with Crippen molar-refractivity contribution < 1.29 is 4.79 Å². The number of halogens is 2. The molecule has 7 heteroatoms. The number of amides is 1. The van der Waals surface area contributed by atoms with Crippen LogP contribution in [0.15, 0.2) is 24.3 Å². The van der Waals surface area contributed by atoms with Crippen molar-refractivity contribution in [3.63, 3.8) is 0 Å². The number of rotatable bonds is 3. The lowest BCUT2D eigenvalue weighted by Gasteiger charge is -2.30. The highest BCUT2D eigenvalue weighted by molar-refractivity contribution is 6.43. The first-order chi connectivity index (χ1) is 11.9. The molecule has 2 aromatic rings. The zero-order valence-corrected chi connectivity index (χ0v) is 15.7. The van der Waals surface area contributed by atoms with Gasteiger partial charge in [0.15, 0.2) is 0 Å². The maximum absolute atomic E-state index is 12.8. The van der Waals surface area contributed by atoms with Gasteiger partial charge in [-0.1, -0.05) is 36.2 Å². The average Bonchev–Trinajstić information content (AvgIpc) is 2.58. The first kappa shape index (κ1) is 18.0. The molecule has 0 radical (unpaired) electrons. The van der Waals surface area contributed by atoms with Crippen LogP contribution in [-0.2, 0) is 0 Å². The van der Waals surface area contributed by atoms with Crippen LogP contribution in [0.1, 0.15) is 36.1 Å². The molecule has 2 heterocycles. The second-order valence-electron chi connectivity index (χ2n) is 6.41. The predicted molar refractivity (Wildman–Crippen MR) is 101 cm³/mol. The quantitative estimate of drug-likeness (QED) is 0.839. The zero-order chi connectivity index (χ0) is 18.0. The van der Waals surface area contributed by atoms with Gasteiger partial charge in [0.2, 0.25) is 0 Å². The van der Waals surface area contributed by atoms with Gasteiger partial charge >= 0.3 is 0 Å². The van der Waals surface area contributed by atoms with Crippen LogP contribution >= 0.6 is 23.2 Å². The van der Waals surface area contributed by atoms with Crippen LogP contribution in [0.4, 0.5) is 11.5 Å². The molecule has 5 nitrogen and oxygen atoms in total. The highest BCUT2D eigenvalue weighted by Gasteiger charge is 2.23. The third-order valence-electron chi connectivity index (χ3n) is 4.22. The molecule has 1 aliphatic heterocycles. The molecule has 0 aliphatic carbocycles. The second kappa shape index (κ2) is 7.58. The van der Waals surface area contributed by atoms with Crippen molar-refractivity contribution in [3.8, 4) is 0 Å². The molecule has 1 saturated heterocycles. The van der Waals surface area contributed by atoms with E-state index in [1.807, 2.05) is 4.90 Å². The summed E-state index contributed by atoms with van der Waals surface area (Å²) in [5.41, 5.74) is 1.03. The molecule has 3 rings (SSSR count). The third-order valence-corrected chi connectivity index (χ3v) is 5.03. The van der Waals surface area contributed by atoms with Crippen LogP contribution < -0.4 is 5.32 Å². The number of carbonyl (C=O) groups is 1. The first-order valence-electron chi connectivity index (χ1n) is 8.30. The van der Waals surface area contributed by atoms with Crippen molar-refractivity contribution in [1.82, 2.24) is 14.9 Å². The highest BCUT2D eigenvalue weighted by atomic mass is 35.5. The van der Waals surface area contributed by atoms with Crippen LogP contribution in [-0.4, -0.2) is 33.9 Å². The van der Waals surface area contributed by atoms with Gasteiger partial charge in [-0.15, -0.1) is 0 Å². The van der Waals surface area contributed by atoms with E-state index < -0.39 is 0 Å². The second-order valence-corrected chi connectivity index (χ2v) is 7.20. The first-order valence-corrected chi connectivity index (χ1v) is 9.05. The Bertz CT molecular complexity index is 797. The van der Waals surface area contributed by atoms with Crippen LogP contribution in [0.5, 0.6) is 0 Å². The maximum Gasteiger partial charge on any atom is 0.272 e. The van der Waals surface area contributed by atoms with E-state index in [1.54, 1.807) is 31.2 Å². The number of aryl methyl sites for hydroxylation is 1. The van der Waals surface area contributed by atoms with Gasteiger partial charge in [0, 0.05) is 19.2 Å². The molecule has 132 valence electrons. The Morgan fingerprint density at radius 1 is 1.32 bits per heavy atom. The van der Waals surface area contributed by atoms with Gasteiger partial charge < -0.3 is 10.2 Å². The van der Waals surface area contributed by atoms with Crippen LogP contribution in [0.2, 0.25) is 10.0 Å². The molecule has 1 amide bonds. The predicted octanol–water partition coefficient (Wildman–Crippen LogP) is 4.71. The minimum absolute atomic E-state index is 0.0581. The fraction of sp³-hybridized carbons (Fsp3) is 0.389. The number of anilines is 2. The van der Waals surface area contributed by atoms with Gasteiger partial charge in [-0.05, 0) is 37.8 Å². The molecular weight excluding hydrogens is 359 g/mol. The van der Waals surface area contributed by atoms with Crippen molar-refractivity contribution >= 4 is 40.6 Å². The number of hydrogen-bond acceptors (Lipinski definition) is 4. The largest absolute Gasteiger partial charge is 0.339 e. The van der Waals surface area contributed by atoms with Gasteiger partial charge in [0.1, 0.15) is 17.3 Å². The lowest BCUT2D eigenvalue weighted by Crippen LogP contribution is -2.39. The van der Waals surface area contributed by atoms with Crippen molar-refractivity contribution in [2.45, 2.75) is 26.7 Å². The molecule has 25 heavy (non-hydrogen) atoms. The summed E-state index contributed by atoms with van der Waals surface area (Å²) in [5, 5.41) is 3.99. The standard InChI is InChI=1S/C18H20Cl2N4O/c1-11-5-4-8-24(10-11)18(25)15-9-16(22-12(2)21-15)23-14-7-3-6-13(19)17(14)20/h3,6-7,9,11H,4-5,8,10H2,1-2H3,(H,21,22,23). The van der Waals surface area contributed by atoms with Gasteiger partial charge in [-0.3, -0.25) is 4.79 Å².